The monoisotopic (exact) mass is 354 g/mol. The van der Waals surface area contributed by atoms with Crippen molar-refractivity contribution in [3.63, 3.8) is 0 Å². The van der Waals surface area contributed by atoms with Gasteiger partial charge in [0, 0.05) is 6.54 Å². The fraction of sp³-hybridized carbons (Fsp3) is 0.474. The highest BCUT2D eigenvalue weighted by molar-refractivity contribution is 6.28. The Kier molecular flexibility index (Phi) is 2.89. The summed E-state index contributed by atoms with van der Waals surface area (Å²) in [6.45, 7) is 1.72. The molecule has 1 aromatic rings. The van der Waals surface area contributed by atoms with Gasteiger partial charge in [0.15, 0.2) is 11.5 Å². The minimum absolute atomic E-state index is 0.381. The van der Waals surface area contributed by atoms with Crippen molar-refractivity contribution in [1.29, 1.82) is 0 Å². The second-order valence-corrected chi connectivity index (χ2v) is 7.46. The molecule has 7 heteroatoms. The van der Waals surface area contributed by atoms with Gasteiger partial charge in [0.1, 0.15) is 11.8 Å². The predicted octanol–water partition coefficient (Wildman–Crippen LogP) is 0.873. The maximum Gasteiger partial charge on any atom is 0.265 e. The van der Waals surface area contributed by atoms with E-state index in [1.54, 1.807) is 35.2 Å². The Morgan fingerprint density at radius 1 is 1.08 bits per heavy atom. The highest BCUT2D eigenvalue weighted by atomic mass is 16.6. The maximum atomic E-state index is 13.3. The predicted molar refractivity (Wildman–Crippen MR) is 88.7 cm³/mol. The van der Waals surface area contributed by atoms with Crippen LogP contribution >= 0.6 is 0 Å². The van der Waals surface area contributed by atoms with Gasteiger partial charge in [-0.25, -0.2) is 4.90 Å². The Morgan fingerprint density at radius 3 is 2.46 bits per heavy atom. The molecule has 26 heavy (non-hydrogen) atoms. The Labute approximate surface area is 149 Å². The molecule has 3 amide bonds. The highest BCUT2D eigenvalue weighted by Gasteiger charge is 2.83. The molecule has 0 aliphatic carbocycles. The third-order valence-corrected chi connectivity index (χ3v) is 6.29. The Morgan fingerprint density at radius 2 is 1.77 bits per heavy atom. The number of nitrogens with zero attached hydrogens (tertiary/aromatic N) is 2. The van der Waals surface area contributed by atoms with Crippen molar-refractivity contribution >= 4 is 29.2 Å². The molecule has 134 valence electrons. The summed E-state index contributed by atoms with van der Waals surface area (Å²) in [7, 11) is 0. The number of para-hydroxylation sites is 1. The number of benzene rings is 1. The van der Waals surface area contributed by atoms with Crippen LogP contribution in [0.4, 0.5) is 5.69 Å². The van der Waals surface area contributed by atoms with Gasteiger partial charge in [-0.05, 0) is 38.3 Å². The molecule has 0 saturated carbocycles. The van der Waals surface area contributed by atoms with E-state index in [1.165, 1.54) is 6.92 Å². The summed E-state index contributed by atoms with van der Waals surface area (Å²) in [5.74, 6) is -3.75. The number of ketones is 1. The summed E-state index contributed by atoms with van der Waals surface area (Å²) in [6.07, 6.45) is 2.05. The number of hydrogen-bond donors (Lipinski definition) is 0. The van der Waals surface area contributed by atoms with Crippen LogP contribution in [0, 0.1) is 11.8 Å². The lowest BCUT2D eigenvalue weighted by Gasteiger charge is -2.43. The zero-order valence-corrected chi connectivity index (χ0v) is 14.3. The molecule has 4 unspecified atom stereocenters. The van der Waals surface area contributed by atoms with Gasteiger partial charge in [0.25, 0.3) is 5.91 Å². The van der Waals surface area contributed by atoms with E-state index >= 15 is 0 Å². The molecule has 4 fully saturated rings. The zero-order valence-electron chi connectivity index (χ0n) is 14.3. The van der Waals surface area contributed by atoms with Crippen LogP contribution in [0.5, 0.6) is 0 Å². The summed E-state index contributed by atoms with van der Waals surface area (Å²) < 4.78 is 6.08. The smallest absolute Gasteiger partial charge is 0.265 e. The molecular formula is C19H18N2O5. The number of anilines is 1. The maximum absolute atomic E-state index is 13.3. The SMILES string of the molecule is CC(=O)C12OC3(CCCCN3C1=O)C1C(=O)N(c3ccccc3)C(=O)C12. The topological polar surface area (TPSA) is 84.0 Å². The number of Topliss-reactive ketones (excluding diaryl/α,β-unsaturated/α-hetero) is 1. The first-order valence-corrected chi connectivity index (χ1v) is 8.91. The third kappa shape index (κ3) is 1.50. The molecular weight excluding hydrogens is 336 g/mol. The van der Waals surface area contributed by atoms with E-state index in [2.05, 4.69) is 0 Å². The molecule has 0 aromatic heterocycles. The van der Waals surface area contributed by atoms with Crippen molar-refractivity contribution in [3.05, 3.63) is 30.3 Å². The number of carbonyl (C=O) groups excluding carboxylic acids is 4. The number of amides is 3. The van der Waals surface area contributed by atoms with Gasteiger partial charge >= 0.3 is 0 Å². The van der Waals surface area contributed by atoms with E-state index in [1.807, 2.05) is 0 Å². The van der Waals surface area contributed by atoms with Crippen LogP contribution in [-0.4, -0.2) is 46.3 Å². The molecule has 1 aromatic carbocycles. The van der Waals surface area contributed by atoms with E-state index in [4.69, 9.17) is 4.74 Å². The zero-order chi connectivity index (χ0) is 18.3. The quantitative estimate of drug-likeness (QED) is 0.581. The van der Waals surface area contributed by atoms with E-state index < -0.39 is 40.8 Å². The van der Waals surface area contributed by atoms with Crippen LogP contribution in [-0.2, 0) is 23.9 Å². The summed E-state index contributed by atoms with van der Waals surface area (Å²) in [6, 6.07) is 8.64. The molecule has 4 atom stereocenters. The van der Waals surface area contributed by atoms with E-state index in [9.17, 15) is 19.2 Å². The molecule has 4 saturated heterocycles. The molecule has 4 heterocycles. The highest BCUT2D eigenvalue weighted by Crippen LogP contribution is 2.62. The van der Waals surface area contributed by atoms with E-state index in [0.29, 0.717) is 18.7 Å². The molecule has 2 bridgehead atoms. The second kappa shape index (κ2) is 4.79. The van der Waals surface area contributed by atoms with Gasteiger partial charge in [-0.1, -0.05) is 18.2 Å². The molecule has 0 N–H and O–H groups in total. The van der Waals surface area contributed by atoms with Crippen molar-refractivity contribution in [2.75, 3.05) is 11.4 Å². The number of rotatable bonds is 2. The number of fused-ring (bicyclic) bond motifs is 3. The van der Waals surface area contributed by atoms with Gasteiger partial charge in [-0.2, -0.15) is 0 Å². The van der Waals surface area contributed by atoms with Gasteiger partial charge in [0.05, 0.1) is 5.69 Å². The Bertz CT molecular complexity index is 868. The summed E-state index contributed by atoms with van der Waals surface area (Å²) in [5, 5.41) is 0. The minimum Gasteiger partial charge on any atom is -0.330 e. The molecule has 5 rings (SSSR count). The summed E-state index contributed by atoms with van der Waals surface area (Å²) in [5.41, 5.74) is -2.56. The third-order valence-electron chi connectivity index (χ3n) is 6.29. The average molecular weight is 354 g/mol. The first-order valence-electron chi connectivity index (χ1n) is 8.91. The van der Waals surface area contributed by atoms with E-state index in [-0.39, 0.29) is 5.91 Å². The fourth-order valence-electron chi connectivity index (χ4n) is 5.27. The summed E-state index contributed by atoms with van der Waals surface area (Å²) >= 11 is 0. The molecule has 7 nitrogen and oxygen atoms in total. The van der Waals surface area contributed by atoms with Crippen LogP contribution in [0.3, 0.4) is 0 Å². The van der Waals surface area contributed by atoms with Crippen LogP contribution < -0.4 is 4.90 Å². The lowest BCUT2D eigenvalue weighted by atomic mass is 9.70. The van der Waals surface area contributed by atoms with Crippen LogP contribution in [0.1, 0.15) is 26.2 Å². The number of imide groups is 1. The Balaban J connectivity index is 1.70. The number of carbonyl (C=O) groups is 4. The molecule has 1 spiro atoms. The lowest BCUT2D eigenvalue weighted by molar-refractivity contribution is -0.158. The van der Waals surface area contributed by atoms with Crippen molar-refractivity contribution in [3.8, 4) is 0 Å². The van der Waals surface area contributed by atoms with Gasteiger partial charge in [-0.3, -0.25) is 19.2 Å². The van der Waals surface area contributed by atoms with Crippen LogP contribution in [0.2, 0.25) is 0 Å². The van der Waals surface area contributed by atoms with Crippen LogP contribution in [0.15, 0.2) is 30.3 Å². The molecule has 4 aliphatic rings. The standard InChI is InChI=1S/C19H18N2O5/c1-11(22)19-14-13(18(26-19)9-5-6-10-20(18)17(19)25)15(23)21(16(14)24)12-7-3-2-4-8-12/h2-4,7-8,13-14H,5-6,9-10H2,1H3. The number of piperidine rings is 2. The van der Waals surface area contributed by atoms with Gasteiger partial charge in [0.2, 0.25) is 17.4 Å². The largest absolute Gasteiger partial charge is 0.330 e. The minimum atomic E-state index is -1.86. The van der Waals surface area contributed by atoms with Gasteiger partial charge < -0.3 is 9.64 Å². The van der Waals surface area contributed by atoms with Crippen LogP contribution in [0.25, 0.3) is 0 Å². The molecule has 4 aliphatic heterocycles. The summed E-state index contributed by atoms with van der Waals surface area (Å²) in [4.78, 5) is 54.8. The second-order valence-electron chi connectivity index (χ2n) is 7.46. The van der Waals surface area contributed by atoms with Crippen molar-refractivity contribution in [2.45, 2.75) is 37.5 Å². The number of ether oxygens (including phenoxy) is 1. The molecule has 0 radical (unpaired) electrons. The van der Waals surface area contributed by atoms with E-state index in [0.717, 1.165) is 17.7 Å². The fourth-order valence-corrected chi connectivity index (χ4v) is 5.27. The first kappa shape index (κ1) is 15.7. The first-order chi connectivity index (χ1) is 12.4. The Hall–Kier alpha value is -2.54. The lowest BCUT2D eigenvalue weighted by Crippen LogP contribution is -2.63. The number of hydrogen-bond acceptors (Lipinski definition) is 5. The average Bonchev–Trinajstić information content (AvgIpc) is 3.19. The van der Waals surface area contributed by atoms with Crippen molar-refractivity contribution in [2.24, 2.45) is 11.8 Å². The van der Waals surface area contributed by atoms with Gasteiger partial charge in [-0.15, -0.1) is 0 Å². The normalized spacial score (nSPS) is 38.0. The van der Waals surface area contributed by atoms with Crippen molar-refractivity contribution < 1.29 is 23.9 Å². The van der Waals surface area contributed by atoms with Crippen molar-refractivity contribution in [1.82, 2.24) is 4.90 Å².